The Hall–Kier alpha value is -3.67. The molecule has 4 aromatic rings. The highest BCUT2D eigenvalue weighted by Crippen LogP contribution is 2.27. The molecule has 0 radical (unpaired) electrons. The summed E-state index contributed by atoms with van der Waals surface area (Å²) >= 11 is 0. The molecule has 0 unspecified atom stereocenters. The number of methoxy groups -OCH3 is 1. The van der Waals surface area contributed by atoms with Gasteiger partial charge in [-0.2, -0.15) is 0 Å². The number of benzene rings is 1. The molecule has 0 N–H and O–H groups in total. The van der Waals surface area contributed by atoms with E-state index in [9.17, 15) is 4.79 Å². The first-order valence-corrected chi connectivity index (χ1v) is 11.4. The molecule has 168 valence electrons. The fourth-order valence-electron chi connectivity index (χ4n) is 4.55. The lowest BCUT2D eigenvalue weighted by molar-refractivity contribution is 0.0700. The van der Waals surface area contributed by atoms with Crippen LogP contribution >= 0.6 is 0 Å². The zero-order chi connectivity index (χ0) is 22.8. The summed E-state index contributed by atoms with van der Waals surface area (Å²) in [6, 6.07) is 16.4. The number of likely N-dealkylation sites (tertiary alicyclic amines) is 1. The topological polar surface area (TPSA) is 59.7 Å². The molecule has 33 heavy (non-hydrogen) atoms. The average molecular weight is 441 g/mol. The SMILES string of the molecule is COc1cccc(Cc2ccc([C@@H]3CCCN(C(=O)c4cn5ccc(C)cc5n4)C3)nc2)c1. The lowest BCUT2D eigenvalue weighted by atomic mass is 9.93. The Morgan fingerprint density at radius 1 is 1.15 bits per heavy atom. The second kappa shape index (κ2) is 9.06. The molecule has 0 saturated carbocycles. The van der Waals surface area contributed by atoms with E-state index in [0.29, 0.717) is 12.2 Å². The Morgan fingerprint density at radius 3 is 2.88 bits per heavy atom. The number of carbonyl (C=O) groups is 1. The number of fused-ring (bicyclic) bond motifs is 1. The maximum absolute atomic E-state index is 13.2. The van der Waals surface area contributed by atoms with Gasteiger partial charge in [0.2, 0.25) is 0 Å². The average Bonchev–Trinajstić information content (AvgIpc) is 3.27. The van der Waals surface area contributed by atoms with Crippen LogP contribution < -0.4 is 4.74 Å². The number of rotatable bonds is 5. The molecular formula is C27H28N4O2. The van der Waals surface area contributed by atoms with Crippen molar-refractivity contribution >= 4 is 11.6 Å². The second-order valence-electron chi connectivity index (χ2n) is 8.81. The molecule has 4 heterocycles. The summed E-state index contributed by atoms with van der Waals surface area (Å²) in [5.41, 5.74) is 5.85. The quantitative estimate of drug-likeness (QED) is 0.453. The number of carbonyl (C=O) groups excluding carboxylic acids is 1. The van der Waals surface area contributed by atoms with Crippen LogP contribution in [0.3, 0.4) is 0 Å². The van der Waals surface area contributed by atoms with Crippen molar-refractivity contribution in [1.29, 1.82) is 0 Å². The summed E-state index contributed by atoms with van der Waals surface area (Å²) < 4.78 is 7.23. The van der Waals surface area contributed by atoms with E-state index in [0.717, 1.165) is 54.0 Å². The third kappa shape index (κ3) is 4.60. The molecule has 0 spiro atoms. The van der Waals surface area contributed by atoms with Crippen LogP contribution in [0.15, 0.2) is 67.1 Å². The lowest BCUT2D eigenvalue weighted by Gasteiger charge is -2.32. The summed E-state index contributed by atoms with van der Waals surface area (Å²) in [4.78, 5) is 24.4. The highest BCUT2D eigenvalue weighted by molar-refractivity contribution is 5.93. The molecule has 1 atom stereocenters. The molecule has 1 aromatic carbocycles. The van der Waals surface area contributed by atoms with Crippen molar-refractivity contribution < 1.29 is 9.53 Å². The molecule has 5 rings (SSSR count). The van der Waals surface area contributed by atoms with Crippen LogP contribution in [0, 0.1) is 6.92 Å². The van der Waals surface area contributed by atoms with E-state index in [2.05, 4.69) is 29.2 Å². The minimum atomic E-state index is -0.00398. The van der Waals surface area contributed by atoms with Crippen molar-refractivity contribution in [1.82, 2.24) is 19.3 Å². The number of aromatic nitrogens is 3. The fourth-order valence-corrected chi connectivity index (χ4v) is 4.55. The van der Waals surface area contributed by atoms with Crippen molar-refractivity contribution in [2.75, 3.05) is 20.2 Å². The van der Waals surface area contributed by atoms with Crippen LogP contribution in [0.2, 0.25) is 0 Å². The molecule has 1 aliphatic heterocycles. The number of imidazole rings is 1. The Morgan fingerprint density at radius 2 is 2.06 bits per heavy atom. The second-order valence-corrected chi connectivity index (χ2v) is 8.81. The third-order valence-corrected chi connectivity index (χ3v) is 6.35. The van der Waals surface area contributed by atoms with E-state index in [1.807, 2.05) is 59.1 Å². The number of piperidine rings is 1. The van der Waals surface area contributed by atoms with E-state index in [1.54, 1.807) is 7.11 Å². The van der Waals surface area contributed by atoms with Gasteiger partial charge < -0.3 is 14.0 Å². The van der Waals surface area contributed by atoms with Crippen LogP contribution in [-0.2, 0) is 6.42 Å². The van der Waals surface area contributed by atoms with Crippen LogP contribution in [-0.4, -0.2) is 45.4 Å². The third-order valence-electron chi connectivity index (χ3n) is 6.35. The maximum Gasteiger partial charge on any atom is 0.274 e. The Kier molecular flexibility index (Phi) is 5.82. The van der Waals surface area contributed by atoms with Crippen molar-refractivity contribution in [3.63, 3.8) is 0 Å². The smallest absolute Gasteiger partial charge is 0.274 e. The Bertz CT molecular complexity index is 1280. The summed E-state index contributed by atoms with van der Waals surface area (Å²) in [5.74, 6) is 1.10. The van der Waals surface area contributed by atoms with Crippen molar-refractivity contribution in [2.45, 2.75) is 32.1 Å². The number of hydrogen-bond donors (Lipinski definition) is 0. The van der Waals surface area contributed by atoms with Gasteiger partial charge in [0, 0.05) is 43.3 Å². The number of pyridine rings is 2. The summed E-state index contributed by atoms with van der Waals surface area (Å²) in [6.07, 6.45) is 8.55. The predicted octanol–water partition coefficient (Wildman–Crippen LogP) is 4.66. The first kappa shape index (κ1) is 21.2. The van der Waals surface area contributed by atoms with Crippen LogP contribution in [0.25, 0.3) is 5.65 Å². The predicted molar refractivity (Wildman–Crippen MR) is 128 cm³/mol. The number of amides is 1. The normalized spacial score (nSPS) is 16.2. The summed E-state index contributed by atoms with van der Waals surface area (Å²) in [6.45, 7) is 3.46. The van der Waals surface area contributed by atoms with Gasteiger partial charge in [-0.3, -0.25) is 9.78 Å². The van der Waals surface area contributed by atoms with Gasteiger partial charge in [0.1, 0.15) is 17.1 Å². The van der Waals surface area contributed by atoms with Gasteiger partial charge in [0.05, 0.1) is 7.11 Å². The molecule has 6 nitrogen and oxygen atoms in total. The fraction of sp³-hybridized carbons (Fsp3) is 0.296. The lowest BCUT2D eigenvalue weighted by Crippen LogP contribution is -2.39. The first-order chi connectivity index (χ1) is 16.1. The molecule has 1 fully saturated rings. The van der Waals surface area contributed by atoms with Gasteiger partial charge in [-0.15, -0.1) is 0 Å². The van der Waals surface area contributed by atoms with Crippen molar-refractivity contribution in [3.05, 3.63) is 95.2 Å². The number of nitrogens with zero attached hydrogens (tertiary/aromatic N) is 4. The highest BCUT2D eigenvalue weighted by atomic mass is 16.5. The number of ether oxygens (including phenoxy) is 1. The maximum atomic E-state index is 13.2. The number of hydrogen-bond acceptors (Lipinski definition) is 4. The van der Waals surface area contributed by atoms with Crippen LogP contribution in [0.5, 0.6) is 5.75 Å². The standard InChI is InChI=1S/C27H28N4O2/c1-19-10-12-30-18-25(29-26(30)13-19)27(32)31-11-4-6-22(17-31)24-9-8-21(16-28-24)14-20-5-3-7-23(15-20)33-2/h3,5,7-10,12-13,15-16,18,22H,4,6,11,14,17H2,1-2H3/t22-/m1/s1. The first-order valence-electron chi connectivity index (χ1n) is 11.4. The van der Waals surface area contributed by atoms with E-state index < -0.39 is 0 Å². The van der Waals surface area contributed by atoms with Gasteiger partial charge in [-0.1, -0.05) is 18.2 Å². The van der Waals surface area contributed by atoms with Crippen LogP contribution in [0.1, 0.15) is 51.6 Å². The monoisotopic (exact) mass is 440 g/mol. The Labute approximate surface area is 193 Å². The van der Waals surface area contributed by atoms with Gasteiger partial charge in [0.15, 0.2) is 0 Å². The van der Waals surface area contributed by atoms with Crippen molar-refractivity contribution in [3.8, 4) is 5.75 Å². The molecule has 1 aliphatic rings. The van der Waals surface area contributed by atoms with E-state index in [4.69, 9.17) is 9.72 Å². The number of aryl methyl sites for hydroxylation is 1. The van der Waals surface area contributed by atoms with E-state index in [1.165, 1.54) is 5.56 Å². The molecule has 6 heteroatoms. The van der Waals surface area contributed by atoms with Crippen LogP contribution in [0.4, 0.5) is 0 Å². The van der Waals surface area contributed by atoms with Gasteiger partial charge in [-0.05, 0) is 73.2 Å². The van der Waals surface area contributed by atoms with Gasteiger partial charge in [-0.25, -0.2) is 4.98 Å². The molecule has 0 aliphatic carbocycles. The van der Waals surface area contributed by atoms with E-state index >= 15 is 0 Å². The zero-order valence-corrected chi connectivity index (χ0v) is 19.1. The van der Waals surface area contributed by atoms with Gasteiger partial charge in [0.25, 0.3) is 5.91 Å². The molecular weight excluding hydrogens is 412 g/mol. The Balaban J connectivity index is 1.27. The molecule has 1 saturated heterocycles. The van der Waals surface area contributed by atoms with Crippen molar-refractivity contribution in [2.24, 2.45) is 0 Å². The minimum Gasteiger partial charge on any atom is -0.497 e. The van der Waals surface area contributed by atoms with Gasteiger partial charge >= 0.3 is 0 Å². The summed E-state index contributed by atoms with van der Waals surface area (Å²) in [5, 5.41) is 0. The molecule has 1 amide bonds. The summed E-state index contributed by atoms with van der Waals surface area (Å²) in [7, 11) is 1.68. The van der Waals surface area contributed by atoms with E-state index in [-0.39, 0.29) is 11.8 Å². The largest absolute Gasteiger partial charge is 0.497 e. The molecule has 3 aromatic heterocycles. The zero-order valence-electron chi connectivity index (χ0n) is 19.1. The molecule has 0 bridgehead atoms. The highest BCUT2D eigenvalue weighted by Gasteiger charge is 2.27. The minimum absolute atomic E-state index is 0.00398.